The van der Waals surface area contributed by atoms with E-state index in [-0.39, 0.29) is 17.5 Å². The SMILES string of the molecule is O=C(c1csc(CN(Cc2ccc(F)cc2)Cc2ccc(F)cc2)n1)N(CCc1ccccc1)Cc1ccccc1. The maximum Gasteiger partial charge on any atom is 0.273 e. The van der Waals surface area contributed by atoms with E-state index in [9.17, 15) is 13.6 Å². The number of hydrogen-bond acceptors (Lipinski definition) is 4. The predicted octanol–water partition coefficient (Wildman–Crippen LogP) is 7.51. The van der Waals surface area contributed by atoms with Gasteiger partial charge in [-0.2, -0.15) is 0 Å². The Kier molecular flexibility index (Phi) is 9.62. The van der Waals surface area contributed by atoms with Crippen molar-refractivity contribution in [1.29, 1.82) is 0 Å². The first kappa shape index (κ1) is 28.3. The van der Waals surface area contributed by atoms with Gasteiger partial charge in [0, 0.05) is 31.6 Å². The largest absolute Gasteiger partial charge is 0.333 e. The molecular formula is C34H31F2N3OS. The van der Waals surface area contributed by atoms with E-state index >= 15 is 0 Å². The Balaban J connectivity index is 1.32. The molecule has 1 aromatic heterocycles. The van der Waals surface area contributed by atoms with Crippen LogP contribution in [0.15, 0.2) is 115 Å². The molecule has 0 aliphatic carbocycles. The van der Waals surface area contributed by atoms with Gasteiger partial charge in [-0.3, -0.25) is 9.69 Å². The van der Waals surface area contributed by atoms with Crippen molar-refractivity contribution in [3.63, 3.8) is 0 Å². The number of hydrogen-bond donors (Lipinski definition) is 0. The van der Waals surface area contributed by atoms with Crippen LogP contribution in [0, 0.1) is 11.6 Å². The van der Waals surface area contributed by atoms with E-state index in [0.29, 0.717) is 38.4 Å². The van der Waals surface area contributed by atoms with Gasteiger partial charge in [-0.05, 0) is 52.9 Å². The molecule has 0 atom stereocenters. The van der Waals surface area contributed by atoms with Gasteiger partial charge in [-0.1, -0.05) is 84.9 Å². The number of rotatable bonds is 12. The fourth-order valence-corrected chi connectivity index (χ4v) is 5.47. The summed E-state index contributed by atoms with van der Waals surface area (Å²) in [5.41, 5.74) is 4.58. The van der Waals surface area contributed by atoms with Crippen LogP contribution in [0.2, 0.25) is 0 Å². The third kappa shape index (κ3) is 8.39. The number of amides is 1. The lowest BCUT2D eigenvalue weighted by molar-refractivity contribution is 0.0739. The molecule has 1 heterocycles. The Morgan fingerprint density at radius 3 is 1.71 bits per heavy atom. The van der Waals surface area contributed by atoms with E-state index in [2.05, 4.69) is 17.0 Å². The summed E-state index contributed by atoms with van der Waals surface area (Å²) in [6.45, 7) is 2.68. The molecule has 0 bridgehead atoms. The van der Waals surface area contributed by atoms with Crippen molar-refractivity contribution in [2.75, 3.05) is 6.54 Å². The highest BCUT2D eigenvalue weighted by molar-refractivity contribution is 7.09. The molecule has 0 fully saturated rings. The number of carbonyl (C=O) groups excluding carboxylic acids is 1. The number of thiazole rings is 1. The molecule has 0 saturated heterocycles. The lowest BCUT2D eigenvalue weighted by Gasteiger charge is -2.23. The summed E-state index contributed by atoms with van der Waals surface area (Å²) >= 11 is 1.45. The number of carbonyl (C=O) groups is 1. The summed E-state index contributed by atoms with van der Waals surface area (Å²) < 4.78 is 27.0. The summed E-state index contributed by atoms with van der Waals surface area (Å²) in [5, 5.41) is 2.63. The van der Waals surface area contributed by atoms with Gasteiger partial charge in [-0.25, -0.2) is 13.8 Å². The number of aromatic nitrogens is 1. The molecular weight excluding hydrogens is 536 g/mol. The third-order valence-corrected chi connectivity index (χ3v) is 7.62. The highest BCUT2D eigenvalue weighted by atomic mass is 32.1. The Labute approximate surface area is 243 Å². The third-order valence-electron chi connectivity index (χ3n) is 6.79. The van der Waals surface area contributed by atoms with Crippen molar-refractivity contribution in [3.8, 4) is 0 Å². The second-order valence-corrected chi connectivity index (χ2v) is 10.9. The van der Waals surface area contributed by atoms with Gasteiger partial charge in [0.1, 0.15) is 22.3 Å². The molecule has 1 amide bonds. The molecule has 4 nitrogen and oxygen atoms in total. The molecule has 4 aromatic carbocycles. The molecule has 0 spiro atoms. The van der Waals surface area contributed by atoms with Gasteiger partial charge in [-0.15, -0.1) is 11.3 Å². The lowest BCUT2D eigenvalue weighted by Crippen LogP contribution is -2.33. The summed E-state index contributed by atoms with van der Waals surface area (Å²) in [7, 11) is 0. The van der Waals surface area contributed by atoms with Crippen LogP contribution >= 0.6 is 11.3 Å². The summed E-state index contributed by atoms with van der Waals surface area (Å²) in [4.78, 5) is 22.5. The zero-order chi connectivity index (χ0) is 28.4. The fraction of sp³-hybridized carbons (Fsp3) is 0.176. The average Bonchev–Trinajstić information content (AvgIpc) is 3.47. The lowest BCUT2D eigenvalue weighted by atomic mass is 10.1. The van der Waals surface area contributed by atoms with Gasteiger partial charge in [0.15, 0.2) is 0 Å². The minimum atomic E-state index is -0.283. The van der Waals surface area contributed by atoms with Gasteiger partial charge in [0.2, 0.25) is 0 Å². The van der Waals surface area contributed by atoms with E-state index in [1.54, 1.807) is 24.3 Å². The second-order valence-electron chi connectivity index (χ2n) is 9.97. The fourth-order valence-electron chi connectivity index (χ4n) is 4.66. The Morgan fingerprint density at radius 1 is 0.634 bits per heavy atom. The molecule has 0 aliphatic rings. The summed E-state index contributed by atoms with van der Waals surface area (Å²) in [6.07, 6.45) is 0.750. The van der Waals surface area contributed by atoms with Crippen molar-refractivity contribution >= 4 is 17.2 Å². The molecule has 5 aromatic rings. The quantitative estimate of drug-likeness (QED) is 0.157. The Morgan fingerprint density at radius 2 is 1.15 bits per heavy atom. The topological polar surface area (TPSA) is 36.4 Å². The maximum atomic E-state index is 13.7. The van der Waals surface area contributed by atoms with Crippen LogP contribution in [0.4, 0.5) is 8.78 Å². The van der Waals surface area contributed by atoms with Crippen LogP contribution < -0.4 is 0 Å². The van der Waals surface area contributed by atoms with E-state index in [0.717, 1.165) is 28.1 Å². The van der Waals surface area contributed by atoms with Gasteiger partial charge in [0.05, 0.1) is 6.54 Å². The van der Waals surface area contributed by atoms with Crippen LogP contribution in [0.25, 0.3) is 0 Å². The molecule has 5 rings (SSSR count). The van der Waals surface area contributed by atoms with Crippen LogP contribution in [0.3, 0.4) is 0 Å². The number of halogens is 2. The number of nitrogens with zero attached hydrogens (tertiary/aromatic N) is 3. The van der Waals surface area contributed by atoms with Crippen molar-refractivity contribution in [2.24, 2.45) is 0 Å². The smallest absolute Gasteiger partial charge is 0.273 e. The van der Waals surface area contributed by atoms with Crippen molar-refractivity contribution in [3.05, 3.63) is 159 Å². The van der Waals surface area contributed by atoms with Crippen LogP contribution in [-0.4, -0.2) is 27.2 Å². The van der Waals surface area contributed by atoms with E-state index < -0.39 is 0 Å². The highest BCUT2D eigenvalue weighted by Crippen LogP contribution is 2.20. The summed E-state index contributed by atoms with van der Waals surface area (Å²) in [5.74, 6) is -0.667. The van der Waals surface area contributed by atoms with Crippen molar-refractivity contribution < 1.29 is 13.6 Å². The molecule has 0 unspecified atom stereocenters. The van der Waals surface area contributed by atoms with E-state index in [1.807, 2.05) is 58.8 Å². The first-order chi connectivity index (χ1) is 20.0. The zero-order valence-electron chi connectivity index (χ0n) is 22.6. The minimum Gasteiger partial charge on any atom is -0.333 e. The monoisotopic (exact) mass is 567 g/mol. The predicted molar refractivity (Wildman–Crippen MR) is 159 cm³/mol. The minimum absolute atomic E-state index is 0.101. The molecule has 7 heteroatoms. The van der Waals surface area contributed by atoms with E-state index in [4.69, 9.17) is 4.98 Å². The standard InChI is InChI=1S/C34H31F2N3OS/c35-30-15-11-28(12-16-30)21-38(22-29-13-17-31(36)18-14-29)24-33-37-32(25-41-33)34(40)39(23-27-9-5-2-6-10-27)20-19-26-7-3-1-4-8-26/h1-18,25H,19-24H2. The van der Waals surface area contributed by atoms with Crippen LogP contribution in [-0.2, 0) is 32.6 Å². The second kappa shape index (κ2) is 13.9. The average molecular weight is 568 g/mol. The molecule has 0 radical (unpaired) electrons. The van der Waals surface area contributed by atoms with Crippen molar-refractivity contribution in [2.45, 2.75) is 32.6 Å². The Hall–Kier alpha value is -4.20. The molecule has 41 heavy (non-hydrogen) atoms. The van der Waals surface area contributed by atoms with Gasteiger partial charge < -0.3 is 4.90 Å². The van der Waals surface area contributed by atoms with Gasteiger partial charge in [0.25, 0.3) is 5.91 Å². The maximum absolute atomic E-state index is 13.7. The van der Waals surface area contributed by atoms with Gasteiger partial charge >= 0.3 is 0 Å². The molecule has 0 aliphatic heterocycles. The molecule has 0 saturated carbocycles. The summed E-state index contributed by atoms with van der Waals surface area (Å²) in [6, 6.07) is 33.0. The first-order valence-corrected chi connectivity index (χ1v) is 14.4. The first-order valence-electron chi connectivity index (χ1n) is 13.5. The number of benzene rings is 4. The normalized spacial score (nSPS) is 11.1. The van der Waals surface area contributed by atoms with Crippen LogP contribution in [0.5, 0.6) is 0 Å². The molecule has 208 valence electrons. The Bertz CT molecular complexity index is 1480. The zero-order valence-corrected chi connectivity index (χ0v) is 23.4. The van der Waals surface area contributed by atoms with Crippen molar-refractivity contribution in [1.82, 2.24) is 14.8 Å². The molecule has 0 N–H and O–H groups in total. The van der Waals surface area contributed by atoms with E-state index in [1.165, 1.54) is 41.2 Å². The van der Waals surface area contributed by atoms with Crippen LogP contribution in [0.1, 0.15) is 37.7 Å². The highest BCUT2D eigenvalue weighted by Gasteiger charge is 2.20.